The van der Waals surface area contributed by atoms with Crippen LogP contribution in [0.5, 0.6) is 17.2 Å². The van der Waals surface area contributed by atoms with Crippen LogP contribution in [0.1, 0.15) is 169 Å². The average Bonchev–Trinajstić information content (AvgIpc) is 1.64. The molecule has 0 spiro atoms. The van der Waals surface area contributed by atoms with Crippen LogP contribution < -0.4 is 19.5 Å². The third kappa shape index (κ3) is 21.7. The average molecular weight is 1400 g/mol. The summed E-state index contributed by atoms with van der Waals surface area (Å²) in [5.74, 6) is 8.01. The summed E-state index contributed by atoms with van der Waals surface area (Å²) in [4.78, 5) is 39.8. The van der Waals surface area contributed by atoms with Crippen LogP contribution >= 0.6 is 24.8 Å². The zero-order valence-electron chi connectivity index (χ0n) is 60.2. The highest BCUT2D eigenvalue weighted by atomic mass is 35.5. The monoisotopic (exact) mass is 1390 g/mol. The number of carbonyl (C=O) groups is 2. The molecule has 1 N–H and O–H groups in total. The summed E-state index contributed by atoms with van der Waals surface area (Å²) in [7, 11) is 12.5. The first-order chi connectivity index (χ1) is 46.8. The zero-order valence-corrected chi connectivity index (χ0v) is 61.8. The number of hydrogen-bond donors (Lipinski definition) is 1. The van der Waals surface area contributed by atoms with Gasteiger partial charge in [0.25, 0.3) is 0 Å². The van der Waals surface area contributed by atoms with E-state index in [9.17, 15) is 9.59 Å². The largest absolute Gasteiger partial charge is 0.493 e. The number of aryl methyl sites for hydroxylation is 3. The Bertz CT molecular complexity index is 3270. The lowest BCUT2D eigenvalue weighted by Gasteiger charge is -2.34. The minimum absolute atomic E-state index is 0. The second-order valence-electron chi connectivity index (χ2n) is 30.7. The normalized spacial score (nSPS) is 19.5. The molecule has 0 unspecified atom stereocenters. The number of nitrogens with one attached hydrogen (secondary N) is 1. The molecule has 5 aliphatic heterocycles. The van der Waals surface area contributed by atoms with Crippen LogP contribution in [0.3, 0.4) is 0 Å². The third-order valence-corrected chi connectivity index (χ3v) is 21.7. The van der Waals surface area contributed by atoms with E-state index in [2.05, 4.69) is 134 Å². The number of amides is 2. The molecule has 0 radical (unpaired) electrons. The summed E-state index contributed by atoms with van der Waals surface area (Å²) >= 11 is 0. The van der Waals surface area contributed by atoms with E-state index in [1.807, 2.05) is 0 Å². The molecule has 0 atom stereocenters. The van der Waals surface area contributed by atoms with Crippen molar-refractivity contribution >= 4 is 69.5 Å². The van der Waals surface area contributed by atoms with Gasteiger partial charge in [-0.25, -0.2) is 0 Å². The number of rotatable bonds is 30. The van der Waals surface area contributed by atoms with Gasteiger partial charge >= 0.3 is 0 Å². The molecule has 98 heavy (non-hydrogen) atoms. The quantitative estimate of drug-likeness (QED) is 0.0450. The number of nitrogens with zero attached hydrogens (tertiary/aromatic N) is 10. The molecule has 6 aromatic rings. The van der Waals surface area contributed by atoms with Gasteiger partial charge in [0.05, 0.1) is 53.6 Å². The highest BCUT2D eigenvalue weighted by molar-refractivity contribution is 5.87. The van der Waals surface area contributed by atoms with Crippen molar-refractivity contribution in [3.8, 4) is 17.2 Å². The highest BCUT2D eigenvalue weighted by Crippen LogP contribution is 2.39. The smallest absolute Gasteiger partial charge is 0.222 e. The van der Waals surface area contributed by atoms with Crippen molar-refractivity contribution in [2.75, 3.05) is 141 Å². The van der Waals surface area contributed by atoms with Crippen LogP contribution in [-0.4, -0.2) is 202 Å². The third-order valence-electron chi connectivity index (χ3n) is 21.7. The fraction of sp³-hybridized carbons (Fsp3) is 0.701. The van der Waals surface area contributed by atoms with Crippen molar-refractivity contribution in [1.29, 1.82) is 0 Å². The molecule has 21 heteroatoms. The van der Waals surface area contributed by atoms with E-state index in [0.29, 0.717) is 11.8 Å². The van der Waals surface area contributed by atoms with Crippen molar-refractivity contribution in [3.05, 3.63) is 70.2 Å². The predicted molar refractivity (Wildman–Crippen MR) is 393 cm³/mol. The van der Waals surface area contributed by atoms with Gasteiger partial charge in [-0.05, 0) is 295 Å². The second kappa shape index (κ2) is 37.1. The first-order valence-corrected chi connectivity index (χ1v) is 37.6. The van der Waals surface area contributed by atoms with Gasteiger partial charge < -0.3 is 67.4 Å². The molecule has 542 valence electrons. The van der Waals surface area contributed by atoms with E-state index in [1.54, 1.807) is 0 Å². The van der Waals surface area contributed by atoms with Crippen molar-refractivity contribution in [2.45, 2.75) is 174 Å². The van der Waals surface area contributed by atoms with Crippen molar-refractivity contribution in [1.82, 2.24) is 55.1 Å². The Labute approximate surface area is 596 Å². The number of piperidine rings is 5. The number of carbonyl (C=O) groups excluding carboxylic acids is 2. The molecular formula is C77H117Cl2N11O8. The molecule has 14 rings (SSSR count). The minimum Gasteiger partial charge on any atom is -0.493 e. The molecule has 0 bridgehead atoms. The van der Waals surface area contributed by atoms with Crippen molar-refractivity contribution in [2.24, 2.45) is 35.5 Å². The summed E-state index contributed by atoms with van der Waals surface area (Å²) in [6.45, 7) is 17.4. The summed E-state index contributed by atoms with van der Waals surface area (Å²) < 4.78 is 36.1. The topological polar surface area (TPSA) is 175 Å². The van der Waals surface area contributed by atoms with Crippen LogP contribution in [0.4, 0.5) is 0 Å². The molecule has 8 aliphatic rings. The second-order valence-corrected chi connectivity index (χ2v) is 30.7. The number of ether oxygens (including phenoxy) is 3. The van der Waals surface area contributed by atoms with Gasteiger partial charge in [-0.2, -0.15) is 0 Å². The molecule has 5 saturated heterocycles. The maximum Gasteiger partial charge on any atom is 0.222 e. The van der Waals surface area contributed by atoms with E-state index < -0.39 is 0 Å². The van der Waals surface area contributed by atoms with Crippen LogP contribution in [0.15, 0.2) is 50.0 Å². The van der Waals surface area contributed by atoms with Crippen LogP contribution in [0.25, 0.3) is 32.9 Å². The molecule has 8 heterocycles. The molecule has 3 aliphatic carbocycles. The highest BCUT2D eigenvalue weighted by Gasteiger charge is 2.30. The Morgan fingerprint density at radius 2 is 0.745 bits per heavy atom. The van der Waals surface area contributed by atoms with Gasteiger partial charge in [-0.1, -0.05) is 15.5 Å². The summed E-state index contributed by atoms with van der Waals surface area (Å²) in [5.41, 5.74) is 9.33. The summed E-state index contributed by atoms with van der Waals surface area (Å²) in [5, 5.41) is 20.3. The van der Waals surface area contributed by atoms with E-state index >= 15 is 0 Å². The fourth-order valence-corrected chi connectivity index (χ4v) is 15.0. The Morgan fingerprint density at radius 1 is 0.418 bits per heavy atom. The lowest BCUT2D eigenvalue weighted by Crippen LogP contribution is -2.43. The molecule has 3 aromatic heterocycles. The van der Waals surface area contributed by atoms with Gasteiger partial charge in [0.15, 0.2) is 16.7 Å². The standard InChI is InChI=1S/2C28H42N4O3.C21H31N3O2.2ClH/c2*1-30(2)19-24-26(34-20-22-6-7-22)11-9-23-25(29-35-28(23)24)10-8-21-12-15-31(16-13-21)17-18-32-14-4-3-5-27(32)33;1-24(2)13-18-20(25-14-16-3-4-16)8-6-17-19(23-26-21(17)18)7-5-15-9-11-22-12-10-15;;/h2*9,11,21-22H,3-8,10,12-20H2,1-2H3;6,8,15-16,22H,3-5,7,9-14H2,1-2H3;2*1H. The SMILES string of the molecule is CN(C)Cc1c(OCC2CC2)ccc2c(CCC3CCN(CCN4CCCCC4=O)CC3)noc12.CN(C)Cc1c(OCC2CC2)ccc2c(CCC3CCN(CCN4CCCCC4=O)CC3)noc12.CN(C)Cc1c(OCC2CC2)ccc2c(CCC3CCNCC3)noc12.Cl.Cl. The Kier molecular flexibility index (Phi) is 28.5. The maximum absolute atomic E-state index is 12.0. The molecule has 3 saturated carbocycles. The molecular weight excluding hydrogens is 1280 g/mol. The molecule has 3 aromatic carbocycles. The molecule has 2 amide bonds. The first-order valence-electron chi connectivity index (χ1n) is 37.6. The van der Waals surface area contributed by atoms with Crippen molar-refractivity contribution < 1.29 is 37.4 Å². The number of hydrogen-bond acceptors (Lipinski definition) is 17. The van der Waals surface area contributed by atoms with E-state index in [4.69, 9.17) is 27.8 Å². The van der Waals surface area contributed by atoms with E-state index in [0.717, 1.165) is 308 Å². The Balaban J connectivity index is 0.000000160. The Morgan fingerprint density at radius 3 is 1.05 bits per heavy atom. The summed E-state index contributed by atoms with van der Waals surface area (Å²) in [6, 6.07) is 12.8. The minimum atomic E-state index is 0. The number of fused-ring (bicyclic) bond motifs is 3. The van der Waals surface area contributed by atoms with E-state index in [-0.39, 0.29) is 24.8 Å². The van der Waals surface area contributed by atoms with Crippen LogP contribution in [0, 0.1) is 35.5 Å². The van der Waals surface area contributed by atoms with Crippen molar-refractivity contribution in [3.63, 3.8) is 0 Å². The first kappa shape index (κ1) is 75.4. The number of likely N-dealkylation sites (tertiary alicyclic amines) is 4. The zero-order chi connectivity index (χ0) is 66.3. The van der Waals surface area contributed by atoms with Crippen LogP contribution in [0.2, 0.25) is 0 Å². The van der Waals surface area contributed by atoms with Gasteiger partial charge in [0.2, 0.25) is 11.8 Å². The van der Waals surface area contributed by atoms with Gasteiger partial charge in [0, 0.05) is 87.9 Å². The van der Waals surface area contributed by atoms with Gasteiger partial charge in [-0.15, -0.1) is 24.8 Å². The molecule has 19 nitrogen and oxygen atoms in total. The van der Waals surface area contributed by atoms with Gasteiger partial charge in [0.1, 0.15) is 17.2 Å². The number of halogens is 2. The lowest BCUT2D eigenvalue weighted by molar-refractivity contribution is -0.134. The van der Waals surface area contributed by atoms with E-state index in [1.165, 1.54) is 83.5 Å². The van der Waals surface area contributed by atoms with Crippen LogP contribution in [-0.2, 0) is 48.5 Å². The summed E-state index contributed by atoms with van der Waals surface area (Å²) in [6.07, 6.45) is 27.6. The van der Waals surface area contributed by atoms with Gasteiger partial charge in [-0.3, -0.25) is 9.59 Å². The number of benzene rings is 3. The fourth-order valence-electron chi connectivity index (χ4n) is 15.0. The lowest BCUT2D eigenvalue weighted by atomic mass is 9.91. The maximum atomic E-state index is 12.0. The predicted octanol–water partition coefficient (Wildman–Crippen LogP) is 13.1. The Hall–Kier alpha value is -5.25. The molecule has 8 fully saturated rings. The number of aromatic nitrogens is 3.